The lowest BCUT2D eigenvalue weighted by atomic mass is 10.1. The fraction of sp³-hybridized carbons (Fsp3) is 0.508. The first-order chi connectivity index (χ1) is 64.2. The lowest BCUT2D eigenvalue weighted by Gasteiger charge is -2.28. The molecule has 9 saturated heterocycles. The number of nitrogens with two attached hydrogens (primary N) is 6. The van der Waals surface area contributed by atoms with Gasteiger partial charge in [-0.3, -0.25) is 65.7 Å². The van der Waals surface area contributed by atoms with Crippen LogP contribution < -0.4 is 51.1 Å². The second-order valence-electron chi connectivity index (χ2n) is 30.3. The fourth-order valence-electron chi connectivity index (χ4n) is 15.6. The van der Waals surface area contributed by atoms with E-state index in [1.807, 2.05) is 0 Å². The molecule has 0 amide bonds. The predicted octanol–water partition coefficient (Wildman–Crippen LogP) is -0.421. The summed E-state index contributed by atoms with van der Waals surface area (Å²) in [7, 11) is 0. The van der Waals surface area contributed by atoms with Crippen LogP contribution in [0.4, 0.5) is 66.0 Å². The van der Waals surface area contributed by atoms with Crippen molar-refractivity contribution in [2.24, 2.45) is 0 Å². The van der Waals surface area contributed by atoms with Crippen molar-refractivity contribution in [2.45, 2.75) is 147 Å². The SMILES string of the molecule is Nc1nc2c(ncn2[C@@H]2O[C@@H]3COP(O)(=S)O[C@@H]4[C@@H](COP(O)(=S)O[C@@H]2[C@@H]3F)O[C@@H](n2nnc3c(N)ncnc32)C4(F)F)c(=O)[nH]1.Nc1nc2c(ncn2[C@@H]2O[C@@H]3COP(O)(=S)O[C@@H]4[C@@H](COP(O)(=S)O[C@@H]2[C@@H]3F)O[C@@H](n2nnc3c(N)ncnc32)C4(F)F)c(=O)[nH]1.Nc1nc2c(ncn2[C@@H]2O[C@@H]3COP(O)(=S)O[C@H]4C[C@H](n5ccc6c(N)ncnc65)O[C@@H]4COP(O)(=S)O[C@@H]2[C@@H]3F)c(=O)[nH]1. The van der Waals surface area contributed by atoms with Gasteiger partial charge in [-0.15, -0.1) is 10.2 Å². The molecule has 0 aliphatic carbocycles. The average molecular weight is 2150 g/mol. The van der Waals surface area contributed by atoms with Gasteiger partial charge in [0.25, 0.3) is 16.7 Å². The summed E-state index contributed by atoms with van der Waals surface area (Å²) in [5, 5.41) is 15.4. The van der Waals surface area contributed by atoms with Crippen LogP contribution in [0.3, 0.4) is 0 Å². The van der Waals surface area contributed by atoms with E-state index in [2.05, 4.69) is 95.4 Å². The van der Waals surface area contributed by atoms with Crippen LogP contribution >= 0.6 is 40.3 Å². The molecule has 0 radical (unpaired) electrons. The molecular weight excluding hydrogens is 2090 g/mol. The number of aromatic nitrogens is 25. The highest BCUT2D eigenvalue weighted by molar-refractivity contribution is 8.08. The van der Waals surface area contributed by atoms with Crippen LogP contribution in [-0.4, -0.2) is 296 Å². The Labute approximate surface area is 777 Å². The smallest absolute Gasteiger partial charge is 0.325 e. The third-order valence-electron chi connectivity index (χ3n) is 21.7. The number of H-pyrrole nitrogens is 3. The zero-order valence-electron chi connectivity index (χ0n) is 67.0. The van der Waals surface area contributed by atoms with Crippen molar-refractivity contribution >= 4 is 213 Å². The average Bonchev–Trinajstić information content (AvgIpc) is 1.58. The third-order valence-corrected chi connectivity index (χ3v) is 31.0. The van der Waals surface area contributed by atoms with Gasteiger partial charge in [-0.25, -0.2) is 58.0 Å². The molecule has 21 N–H and O–H groups in total. The molecule has 77 heteroatoms. The van der Waals surface area contributed by atoms with Crippen molar-refractivity contribution in [1.29, 1.82) is 0 Å². The first-order valence-electron chi connectivity index (χ1n) is 38.6. The molecule has 9 aliphatic heterocycles. The zero-order valence-corrected chi connectivity index (χ0v) is 77.3. The first kappa shape index (κ1) is 96.7. The Balaban J connectivity index is 0.000000131. The van der Waals surface area contributed by atoms with Crippen LogP contribution in [0.15, 0.2) is 64.6 Å². The molecule has 21 heterocycles. The van der Waals surface area contributed by atoms with Crippen LogP contribution in [0, 0.1) is 0 Å². The molecule has 732 valence electrons. The minimum absolute atomic E-state index is 0.0414. The molecule has 27 atom stereocenters. The quantitative estimate of drug-likeness (QED) is 0.0742. The van der Waals surface area contributed by atoms with Crippen molar-refractivity contribution < 1.29 is 143 Å². The molecule has 12 aromatic rings. The molecule has 0 saturated carbocycles. The summed E-state index contributed by atoms with van der Waals surface area (Å²) < 4.78 is 218. The monoisotopic (exact) mass is 2150 g/mol. The first-order valence-corrected chi connectivity index (χ1v) is 54.2. The summed E-state index contributed by atoms with van der Waals surface area (Å²) in [4.78, 5) is 157. The Hall–Kier alpha value is -8.12. The Morgan fingerprint density at radius 1 is 0.382 bits per heavy atom. The van der Waals surface area contributed by atoms with Gasteiger partial charge in [0.1, 0.15) is 91.6 Å². The largest absolute Gasteiger partial charge is 0.383 e. The van der Waals surface area contributed by atoms with E-state index in [9.17, 15) is 43.7 Å². The molecule has 58 nitrogen and oxygen atoms in total. The number of nitrogens with zero attached hydrogens (tertiary/aromatic N) is 22. The molecule has 6 bridgehead atoms. The van der Waals surface area contributed by atoms with Gasteiger partial charge in [0.2, 0.25) is 30.3 Å². The molecule has 0 aromatic carbocycles. The maximum atomic E-state index is 16.0. The van der Waals surface area contributed by atoms with E-state index in [0.717, 1.165) is 34.4 Å². The number of rotatable bonds is 6. The van der Waals surface area contributed by atoms with Crippen LogP contribution in [0.2, 0.25) is 0 Å². The highest BCUT2D eigenvalue weighted by Crippen LogP contribution is 2.62. The Morgan fingerprint density at radius 2 is 0.713 bits per heavy atom. The summed E-state index contributed by atoms with van der Waals surface area (Å²) in [5.74, 6) is -8.90. The lowest BCUT2D eigenvalue weighted by Crippen LogP contribution is -2.41. The van der Waals surface area contributed by atoms with Gasteiger partial charge >= 0.3 is 52.2 Å². The number of ether oxygens (including phenoxy) is 6. The van der Waals surface area contributed by atoms with Gasteiger partial charge in [0.15, 0.2) is 117 Å². The summed E-state index contributed by atoms with van der Waals surface area (Å²) in [6.07, 6.45) is -27.4. The van der Waals surface area contributed by atoms with Crippen LogP contribution in [0.5, 0.6) is 0 Å². The Bertz CT molecular complexity index is 6960. The molecule has 6 unspecified atom stereocenters. The summed E-state index contributed by atoms with van der Waals surface area (Å²) in [5.41, 5.74) is 31.5. The van der Waals surface area contributed by atoms with E-state index >= 15 is 30.7 Å². The zero-order chi connectivity index (χ0) is 96.5. The summed E-state index contributed by atoms with van der Waals surface area (Å²) >= 11 is 30.6. The number of anilines is 6. The molecule has 9 fully saturated rings. The second kappa shape index (κ2) is 36.1. The van der Waals surface area contributed by atoms with E-state index in [4.69, 9.17) is 188 Å². The van der Waals surface area contributed by atoms with Crippen LogP contribution in [0.1, 0.15) is 43.8 Å². The number of nitrogens with one attached hydrogen (secondary N) is 3. The van der Waals surface area contributed by atoms with Crippen LogP contribution in [0.25, 0.3) is 66.9 Å². The molecule has 0 spiro atoms. The highest BCUT2D eigenvalue weighted by Gasteiger charge is 2.66. The molecule has 9 aliphatic rings. The maximum Gasteiger partial charge on any atom is 0.325 e. The van der Waals surface area contributed by atoms with Crippen molar-refractivity contribution in [3.8, 4) is 0 Å². The predicted molar refractivity (Wildman–Crippen MR) is 461 cm³/mol. The normalized spacial score (nSPS) is 36.6. The van der Waals surface area contributed by atoms with Gasteiger partial charge in [-0.05, 0) is 76.9 Å². The maximum absolute atomic E-state index is 16.0. The topological polar surface area (TPSA) is 778 Å². The van der Waals surface area contributed by atoms with Gasteiger partial charge in [0, 0.05) is 12.6 Å². The second-order valence-corrected chi connectivity index (χ2v) is 47.0. The summed E-state index contributed by atoms with van der Waals surface area (Å²) in [6, 6.07) is 1.73. The van der Waals surface area contributed by atoms with E-state index in [0.29, 0.717) is 20.4 Å². The standard InChI is InChI=1S/C21H24FN9O9P2S2.2C19H20F3N11O9P2S2/c22-13-11-5-36-41(33,43)39-9-3-12(30-2-1-8-16(23)25-6-26-17(8)30)37-10(9)4-35-42(34,44)40-15(13)20(38-11)31-7-27-14-18(31)28-21(24)29-19(14)32;2*20-7-5-1-37-44(36,46)42-11-6(40-17(19(11,21)22)33-13-8(30-31-33)12(23)25-3-26-13)2-38-43(35,45)41-10(7)16(39-5)32-4-27-9-14(32)28-18(24)29-15(9)34/h1-2,6-7,9-13,15,20H,3-5H2,(H,33,43)(H,34,44)(H2,23,25,26)(H3,24,28,29,32);2*3-7,10-11,16-17H,1-2H2,(H,35,45)(H,36,46)(H2,23,25,26)(H3,24,28,29,34)/t9-,10+,11+,12+,13+,15+,20+,41?,42?;2*5-,6-,7-,10-,11-,16-,17-,43?,44?/m011/s1. The van der Waals surface area contributed by atoms with Gasteiger partial charge in [0.05, 0.1) is 70.1 Å². The number of nitrogen functional groups attached to an aromatic ring is 6. The minimum atomic E-state index is -4.62. The van der Waals surface area contributed by atoms with Gasteiger partial charge < -0.3 is 128 Å². The summed E-state index contributed by atoms with van der Waals surface area (Å²) in [6.45, 7) is -31.0. The number of hydrogen-bond acceptors (Lipinski definition) is 49. The number of halogens is 7. The Morgan fingerprint density at radius 3 is 1.09 bits per heavy atom. The van der Waals surface area contributed by atoms with Crippen molar-refractivity contribution in [3.05, 3.63) is 81.3 Å². The number of alkyl halides is 7. The van der Waals surface area contributed by atoms with E-state index in [-0.39, 0.29) is 104 Å². The fourth-order valence-corrected chi connectivity index (χ4v) is 24.2. The van der Waals surface area contributed by atoms with Crippen molar-refractivity contribution in [2.75, 3.05) is 74.0 Å². The van der Waals surface area contributed by atoms with E-state index in [1.54, 1.807) is 16.8 Å². The third kappa shape index (κ3) is 18.5. The van der Waals surface area contributed by atoms with Gasteiger partial charge in [-0.2, -0.15) is 41.9 Å². The van der Waals surface area contributed by atoms with E-state index in [1.165, 1.54) is 17.2 Å². The van der Waals surface area contributed by atoms with Crippen molar-refractivity contribution in [1.82, 2.24) is 123 Å². The Kier molecular flexibility index (Phi) is 25.7. The lowest BCUT2D eigenvalue weighted by molar-refractivity contribution is -0.140. The minimum Gasteiger partial charge on any atom is -0.383 e. The molecule has 12 aromatic heterocycles. The van der Waals surface area contributed by atoms with Crippen molar-refractivity contribution in [3.63, 3.8) is 0 Å². The number of imidazole rings is 3. The molecule has 21 rings (SSSR count). The van der Waals surface area contributed by atoms with Gasteiger partial charge in [-0.1, -0.05) is 10.4 Å². The number of hydrogen-bond donors (Lipinski definition) is 15. The van der Waals surface area contributed by atoms with E-state index < -0.39 is 231 Å². The highest BCUT2D eigenvalue weighted by atomic mass is 32.5. The molecule has 136 heavy (non-hydrogen) atoms. The van der Waals surface area contributed by atoms with Crippen LogP contribution in [-0.2, 0) is 154 Å². The molecular formula is C59H64F7N31O27P6S6. The number of aromatic amines is 3. The number of fused-ring (bicyclic) bond motifs is 15.